The van der Waals surface area contributed by atoms with Crippen molar-refractivity contribution in [1.29, 1.82) is 0 Å². The number of hydrogen-bond donors (Lipinski definition) is 0. The average Bonchev–Trinajstić information content (AvgIpc) is 3.28. The maximum absolute atomic E-state index is 13.4. The topological polar surface area (TPSA) is 45.7 Å². The number of hydrogen-bond acceptors (Lipinski definition) is 6. The Labute approximate surface area is 210 Å². The Hall–Kier alpha value is -0.640. The van der Waals surface area contributed by atoms with Gasteiger partial charge in [-0.15, -0.1) is 23.7 Å². The van der Waals surface area contributed by atoms with E-state index in [1.807, 2.05) is 19.1 Å². The lowest BCUT2D eigenvalue weighted by molar-refractivity contribution is 0.0376. The van der Waals surface area contributed by atoms with Gasteiger partial charge in [0, 0.05) is 31.2 Å². The summed E-state index contributed by atoms with van der Waals surface area (Å²) in [6, 6.07) is 5.39. The molecule has 1 fully saturated rings. The van der Waals surface area contributed by atoms with Crippen molar-refractivity contribution in [3.63, 3.8) is 0 Å². The lowest BCUT2D eigenvalue weighted by Gasteiger charge is -2.27. The normalized spacial score (nSPS) is 14.6. The number of fused-ring (bicyclic) bond motifs is 1. The third-order valence-corrected chi connectivity index (χ3v) is 7.69. The van der Waals surface area contributed by atoms with Gasteiger partial charge < -0.3 is 4.74 Å². The summed E-state index contributed by atoms with van der Waals surface area (Å²) in [5.74, 6) is -0.187. The van der Waals surface area contributed by atoms with E-state index in [9.17, 15) is 4.79 Å². The first kappa shape index (κ1) is 25.0. The predicted molar refractivity (Wildman–Crippen MR) is 135 cm³/mol. The van der Waals surface area contributed by atoms with E-state index in [-0.39, 0.29) is 18.3 Å². The summed E-state index contributed by atoms with van der Waals surface area (Å²) in [6.45, 7) is 6.73. The van der Waals surface area contributed by atoms with Gasteiger partial charge in [0.1, 0.15) is 4.34 Å². The van der Waals surface area contributed by atoms with Crippen molar-refractivity contribution in [3.05, 3.63) is 43.0 Å². The van der Waals surface area contributed by atoms with Gasteiger partial charge in [0.25, 0.3) is 5.91 Å². The van der Waals surface area contributed by atoms with Gasteiger partial charge in [-0.1, -0.05) is 46.1 Å². The molecule has 31 heavy (non-hydrogen) atoms. The fourth-order valence-electron chi connectivity index (χ4n) is 3.45. The zero-order valence-corrected chi connectivity index (χ0v) is 21.4. The highest BCUT2D eigenvalue weighted by Crippen LogP contribution is 2.36. The third-order valence-electron chi connectivity index (χ3n) is 4.96. The second-order valence-corrected chi connectivity index (χ2v) is 10.8. The number of carbonyl (C=O) groups is 1. The molecule has 1 aliphatic rings. The van der Waals surface area contributed by atoms with Gasteiger partial charge >= 0.3 is 0 Å². The minimum absolute atomic E-state index is 0. The van der Waals surface area contributed by atoms with E-state index in [1.165, 1.54) is 22.7 Å². The first-order valence-corrected chi connectivity index (χ1v) is 12.3. The second kappa shape index (κ2) is 11.0. The van der Waals surface area contributed by atoms with E-state index >= 15 is 0 Å². The number of aromatic nitrogens is 1. The van der Waals surface area contributed by atoms with Crippen molar-refractivity contribution >= 4 is 91.1 Å². The van der Waals surface area contributed by atoms with E-state index in [2.05, 4.69) is 4.90 Å². The minimum atomic E-state index is -0.187. The van der Waals surface area contributed by atoms with Crippen molar-refractivity contribution in [2.24, 2.45) is 0 Å². The van der Waals surface area contributed by atoms with Gasteiger partial charge in [0.15, 0.2) is 5.13 Å². The Morgan fingerprint density at radius 3 is 2.61 bits per heavy atom. The molecule has 1 aromatic carbocycles. The van der Waals surface area contributed by atoms with Gasteiger partial charge in [0.05, 0.1) is 33.3 Å². The number of carbonyl (C=O) groups excluding carboxylic acids is 1. The van der Waals surface area contributed by atoms with Gasteiger partial charge in [0.2, 0.25) is 0 Å². The van der Waals surface area contributed by atoms with Crippen LogP contribution < -0.4 is 4.90 Å². The van der Waals surface area contributed by atoms with Gasteiger partial charge in [-0.3, -0.25) is 14.6 Å². The Morgan fingerprint density at radius 1 is 1.19 bits per heavy atom. The van der Waals surface area contributed by atoms with Crippen LogP contribution in [-0.2, 0) is 4.74 Å². The van der Waals surface area contributed by atoms with Crippen molar-refractivity contribution in [1.82, 2.24) is 9.88 Å². The summed E-state index contributed by atoms with van der Waals surface area (Å²) in [4.78, 5) is 22.2. The highest BCUT2D eigenvalue weighted by Gasteiger charge is 2.25. The lowest BCUT2D eigenvalue weighted by atomic mass is 10.2. The fraction of sp³-hybridized carbons (Fsp3) is 0.400. The lowest BCUT2D eigenvalue weighted by Crippen LogP contribution is -2.39. The molecule has 0 radical (unpaired) electrons. The first-order chi connectivity index (χ1) is 14.4. The van der Waals surface area contributed by atoms with Gasteiger partial charge in [-0.25, -0.2) is 4.98 Å². The summed E-state index contributed by atoms with van der Waals surface area (Å²) in [7, 11) is 0. The zero-order chi connectivity index (χ0) is 21.3. The van der Waals surface area contributed by atoms with E-state index in [4.69, 9.17) is 44.5 Å². The largest absolute Gasteiger partial charge is 0.379 e. The number of thiophene rings is 1. The fourth-order valence-corrected chi connectivity index (χ4v) is 6.34. The summed E-state index contributed by atoms with van der Waals surface area (Å²) in [5, 5.41) is 1.30. The van der Waals surface area contributed by atoms with Crippen LogP contribution in [0.4, 0.5) is 5.13 Å². The van der Waals surface area contributed by atoms with Crippen LogP contribution in [0.2, 0.25) is 13.7 Å². The van der Waals surface area contributed by atoms with Crippen molar-refractivity contribution in [3.8, 4) is 0 Å². The Kier molecular flexibility index (Phi) is 8.86. The number of aryl methyl sites for hydroxylation is 1. The molecule has 11 heteroatoms. The standard InChI is InChI=1S/C20H20Cl3N3O2S2.ClH/c1-12-9-13(21)10-15-17(12)24-20(29-15)26(4-2-3-25-5-7-28-8-6-25)19(27)14-11-16(22)30-18(14)23;/h9-11H,2-8H2,1H3;1H. The SMILES string of the molecule is Cc1cc(Cl)cc2sc(N(CCCN3CCOCC3)C(=O)c3cc(Cl)sc3Cl)nc12.Cl. The number of ether oxygens (including phenoxy) is 1. The maximum atomic E-state index is 13.4. The molecule has 3 heterocycles. The molecule has 0 N–H and O–H groups in total. The molecule has 2 aromatic heterocycles. The number of thiazole rings is 1. The van der Waals surface area contributed by atoms with Crippen LogP contribution in [0.15, 0.2) is 18.2 Å². The molecule has 0 bridgehead atoms. The van der Waals surface area contributed by atoms with E-state index in [0.29, 0.717) is 30.9 Å². The zero-order valence-electron chi connectivity index (χ0n) is 16.7. The average molecular weight is 541 g/mol. The monoisotopic (exact) mass is 539 g/mol. The van der Waals surface area contributed by atoms with Crippen molar-refractivity contribution in [2.75, 3.05) is 44.3 Å². The number of anilines is 1. The quantitative estimate of drug-likeness (QED) is 0.362. The molecule has 0 unspecified atom stereocenters. The summed E-state index contributed by atoms with van der Waals surface area (Å²) in [6.07, 6.45) is 0.816. The Balaban J connectivity index is 0.00000272. The number of rotatable bonds is 6. The molecule has 0 atom stereocenters. The maximum Gasteiger partial charge on any atom is 0.262 e. The first-order valence-electron chi connectivity index (χ1n) is 9.56. The van der Waals surface area contributed by atoms with Crippen molar-refractivity contribution < 1.29 is 9.53 Å². The predicted octanol–water partition coefficient (Wildman–Crippen LogP) is 6.42. The third kappa shape index (κ3) is 5.84. The molecule has 5 nitrogen and oxygen atoms in total. The Morgan fingerprint density at radius 2 is 1.94 bits per heavy atom. The van der Waals surface area contributed by atoms with Gasteiger partial charge in [-0.2, -0.15) is 0 Å². The van der Waals surface area contributed by atoms with Crippen LogP contribution in [0.25, 0.3) is 10.2 Å². The smallest absolute Gasteiger partial charge is 0.262 e. The number of nitrogens with zero attached hydrogens (tertiary/aromatic N) is 3. The molecule has 4 rings (SSSR count). The summed E-state index contributed by atoms with van der Waals surface area (Å²) < 4.78 is 7.25. The molecular formula is C20H21Cl4N3O2S2. The molecule has 0 spiro atoms. The number of benzene rings is 1. The molecule has 168 valence electrons. The summed E-state index contributed by atoms with van der Waals surface area (Å²) >= 11 is 21.2. The van der Waals surface area contributed by atoms with Crippen LogP contribution in [0, 0.1) is 6.92 Å². The summed E-state index contributed by atoms with van der Waals surface area (Å²) in [5.41, 5.74) is 2.25. The second-order valence-electron chi connectivity index (χ2n) is 7.07. The minimum Gasteiger partial charge on any atom is -0.379 e. The van der Waals surface area contributed by atoms with Crippen LogP contribution >= 0.6 is 69.9 Å². The number of morpholine rings is 1. The highest BCUT2D eigenvalue weighted by atomic mass is 35.5. The van der Waals surface area contributed by atoms with E-state index in [1.54, 1.807) is 11.0 Å². The van der Waals surface area contributed by atoms with Crippen LogP contribution in [-0.4, -0.2) is 55.2 Å². The molecular weight excluding hydrogens is 520 g/mol. The molecule has 0 aliphatic carbocycles. The number of halogens is 4. The molecule has 1 aliphatic heterocycles. The Bertz CT molecular complexity index is 1070. The highest BCUT2D eigenvalue weighted by molar-refractivity contribution is 7.22. The van der Waals surface area contributed by atoms with Crippen LogP contribution in [0.3, 0.4) is 0 Å². The van der Waals surface area contributed by atoms with E-state index < -0.39 is 0 Å². The number of amides is 1. The molecule has 0 saturated carbocycles. The molecule has 1 saturated heterocycles. The van der Waals surface area contributed by atoms with Crippen LogP contribution in [0.5, 0.6) is 0 Å². The van der Waals surface area contributed by atoms with Crippen molar-refractivity contribution in [2.45, 2.75) is 13.3 Å². The van der Waals surface area contributed by atoms with E-state index in [0.717, 1.165) is 55.0 Å². The molecule has 1 amide bonds. The van der Waals surface area contributed by atoms with Gasteiger partial charge in [-0.05, 0) is 37.1 Å². The molecule has 3 aromatic rings. The van der Waals surface area contributed by atoms with Crippen LogP contribution in [0.1, 0.15) is 22.3 Å².